The highest BCUT2D eigenvalue weighted by atomic mass is 32.2. The summed E-state index contributed by atoms with van der Waals surface area (Å²) in [6.07, 6.45) is 0.558. The Balaban J connectivity index is 3.21. The Hall–Kier alpha value is -0.220. The molecule has 0 aliphatic heterocycles. The van der Waals surface area contributed by atoms with Crippen molar-refractivity contribution in [1.29, 1.82) is 0 Å². The van der Waals surface area contributed by atoms with E-state index in [1.54, 1.807) is 6.92 Å². The Labute approximate surface area is 64.4 Å². The summed E-state index contributed by atoms with van der Waals surface area (Å²) in [6, 6.07) is 0. The lowest BCUT2D eigenvalue weighted by molar-refractivity contribution is -0.136. The summed E-state index contributed by atoms with van der Waals surface area (Å²) >= 11 is 1.31. The van der Waals surface area contributed by atoms with Crippen LogP contribution in [0.25, 0.3) is 0 Å². The molecule has 1 N–H and O–H groups in total. The van der Waals surface area contributed by atoms with Gasteiger partial charge in [-0.15, -0.1) is 11.8 Å². The molecule has 0 saturated carbocycles. The van der Waals surface area contributed by atoms with Crippen molar-refractivity contribution in [2.75, 3.05) is 12.4 Å². The zero-order valence-electron chi connectivity index (χ0n) is 5.87. The first kappa shape index (κ1) is 9.78. The number of carboxylic acid groups (broad SMARTS) is 1. The van der Waals surface area contributed by atoms with Gasteiger partial charge in [0.25, 0.3) is 0 Å². The van der Waals surface area contributed by atoms with Crippen LogP contribution in [0, 0.1) is 0 Å². The second-order valence-corrected chi connectivity index (χ2v) is 3.36. The molecule has 4 heteroatoms. The molecule has 0 aliphatic carbocycles. The smallest absolute Gasteiger partial charge is 0.316 e. The van der Waals surface area contributed by atoms with Crippen molar-refractivity contribution in [1.82, 2.24) is 0 Å². The molecule has 1 unspecified atom stereocenters. The van der Waals surface area contributed by atoms with E-state index >= 15 is 0 Å². The first-order valence-electron chi connectivity index (χ1n) is 3.11. The molecule has 10 heavy (non-hydrogen) atoms. The van der Waals surface area contributed by atoms with Crippen molar-refractivity contribution in [3.8, 4) is 0 Å². The zero-order chi connectivity index (χ0) is 7.98. The van der Waals surface area contributed by atoms with Crippen LogP contribution in [0.4, 0.5) is 0 Å². The molecule has 3 nitrogen and oxygen atoms in total. The summed E-state index contributed by atoms with van der Waals surface area (Å²) in [7, 11) is 0. The van der Waals surface area contributed by atoms with Crippen molar-refractivity contribution < 1.29 is 15.0 Å². The van der Waals surface area contributed by atoms with E-state index in [1.165, 1.54) is 11.8 Å². The fourth-order valence-electron chi connectivity index (χ4n) is 0.390. The van der Waals surface area contributed by atoms with Crippen LogP contribution < -0.4 is 0 Å². The average Bonchev–Trinajstić information content (AvgIpc) is 1.88. The summed E-state index contributed by atoms with van der Waals surface area (Å²) in [5.41, 5.74) is 0. The molecule has 0 spiro atoms. The van der Waals surface area contributed by atoms with Gasteiger partial charge in [0, 0.05) is 0 Å². The van der Waals surface area contributed by atoms with Gasteiger partial charge >= 0.3 is 5.97 Å². The lowest BCUT2D eigenvalue weighted by Crippen LogP contribution is -2.12. The highest BCUT2D eigenvalue weighted by molar-refractivity contribution is 8.00. The van der Waals surface area contributed by atoms with Crippen LogP contribution in [0.5, 0.6) is 0 Å². The zero-order valence-corrected chi connectivity index (χ0v) is 6.69. The third kappa shape index (κ3) is 4.64. The molecule has 0 amide bonds. The largest absolute Gasteiger partial charge is 0.480 e. The Kier molecular flexibility index (Phi) is 5.43. The minimum Gasteiger partial charge on any atom is -0.480 e. The maximum Gasteiger partial charge on any atom is 0.316 e. The summed E-state index contributed by atoms with van der Waals surface area (Å²) < 4.78 is 0. The van der Waals surface area contributed by atoms with Gasteiger partial charge in [-0.25, -0.2) is 5.11 Å². The fraction of sp³-hybridized carbons (Fsp3) is 0.833. The summed E-state index contributed by atoms with van der Waals surface area (Å²) in [5, 5.41) is 17.9. The van der Waals surface area contributed by atoms with Crippen molar-refractivity contribution in [3.05, 3.63) is 0 Å². The van der Waals surface area contributed by atoms with Gasteiger partial charge in [0.2, 0.25) is 0 Å². The van der Waals surface area contributed by atoms with Crippen LogP contribution in [0.2, 0.25) is 0 Å². The van der Waals surface area contributed by atoms with Gasteiger partial charge < -0.3 is 5.11 Å². The highest BCUT2D eigenvalue weighted by Crippen LogP contribution is 2.10. The van der Waals surface area contributed by atoms with Gasteiger partial charge in [-0.1, -0.05) is 0 Å². The molecule has 0 aromatic carbocycles. The Morgan fingerprint density at radius 3 is 2.70 bits per heavy atom. The maximum absolute atomic E-state index is 10.2. The minimum atomic E-state index is -0.809. The van der Waals surface area contributed by atoms with Crippen LogP contribution in [0.15, 0.2) is 0 Å². The van der Waals surface area contributed by atoms with Crippen molar-refractivity contribution >= 4 is 17.7 Å². The van der Waals surface area contributed by atoms with Crippen molar-refractivity contribution in [3.63, 3.8) is 0 Å². The standard InChI is InChI=1S/C6H11O3S/c1-5(6(8)9)10-4-2-3-7/h5H,2-4H2,1H3,(H,8,9). The fourth-order valence-corrected chi connectivity index (χ4v) is 1.17. The van der Waals surface area contributed by atoms with E-state index in [1.807, 2.05) is 0 Å². The van der Waals surface area contributed by atoms with E-state index < -0.39 is 5.97 Å². The van der Waals surface area contributed by atoms with Gasteiger partial charge in [-0.2, -0.15) is 0 Å². The molecule has 59 valence electrons. The van der Waals surface area contributed by atoms with Gasteiger partial charge in [-0.3, -0.25) is 4.79 Å². The summed E-state index contributed by atoms with van der Waals surface area (Å²) in [6.45, 7) is 1.51. The Bertz CT molecular complexity index is 105. The van der Waals surface area contributed by atoms with E-state index in [-0.39, 0.29) is 11.9 Å². The van der Waals surface area contributed by atoms with E-state index in [0.29, 0.717) is 12.2 Å². The Morgan fingerprint density at radius 2 is 2.30 bits per heavy atom. The molecule has 0 aromatic rings. The number of aliphatic carboxylic acids is 1. The predicted octanol–water partition coefficient (Wildman–Crippen LogP) is 1.01. The molecule has 0 heterocycles. The predicted molar refractivity (Wildman–Crippen MR) is 39.7 cm³/mol. The van der Waals surface area contributed by atoms with E-state index in [4.69, 9.17) is 5.11 Å². The van der Waals surface area contributed by atoms with Crippen molar-refractivity contribution in [2.24, 2.45) is 0 Å². The van der Waals surface area contributed by atoms with Gasteiger partial charge in [0.1, 0.15) is 0 Å². The van der Waals surface area contributed by atoms with E-state index in [0.717, 1.165) is 0 Å². The molecule has 0 fully saturated rings. The lowest BCUT2D eigenvalue weighted by Gasteiger charge is -2.02. The molecular formula is C6H11O3S. The first-order valence-corrected chi connectivity index (χ1v) is 4.16. The monoisotopic (exact) mass is 163 g/mol. The SMILES string of the molecule is CC(SCCC[O])C(=O)O. The quantitative estimate of drug-likeness (QED) is 0.615. The highest BCUT2D eigenvalue weighted by Gasteiger charge is 2.09. The van der Waals surface area contributed by atoms with Gasteiger partial charge in [0.05, 0.1) is 11.9 Å². The molecule has 0 saturated heterocycles. The first-order chi connectivity index (χ1) is 4.68. The summed E-state index contributed by atoms with van der Waals surface area (Å²) in [4.78, 5) is 10.2. The molecule has 0 rings (SSSR count). The molecule has 1 radical (unpaired) electrons. The van der Waals surface area contributed by atoms with Crippen LogP contribution in [0.3, 0.4) is 0 Å². The number of hydrogen-bond acceptors (Lipinski definition) is 2. The molecule has 0 aliphatic rings. The lowest BCUT2D eigenvalue weighted by atomic mass is 10.5. The molecule has 0 aromatic heterocycles. The Morgan fingerprint density at radius 1 is 1.70 bits per heavy atom. The normalized spacial score (nSPS) is 13.0. The number of rotatable bonds is 5. The van der Waals surface area contributed by atoms with Crippen LogP contribution in [-0.2, 0) is 9.90 Å². The molecular weight excluding hydrogens is 152 g/mol. The van der Waals surface area contributed by atoms with Crippen molar-refractivity contribution in [2.45, 2.75) is 18.6 Å². The van der Waals surface area contributed by atoms with E-state index in [2.05, 4.69) is 0 Å². The topological polar surface area (TPSA) is 57.2 Å². The van der Waals surface area contributed by atoms with Crippen LogP contribution >= 0.6 is 11.8 Å². The number of carboxylic acids is 1. The third-order valence-electron chi connectivity index (χ3n) is 1.00. The number of thioether (sulfide) groups is 1. The average molecular weight is 163 g/mol. The second-order valence-electron chi connectivity index (χ2n) is 1.91. The summed E-state index contributed by atoms with van der Waals surface area (Å²) in [5.74, 6) is -0.160. The maximum atomic E-state index is 10.2. The minimum absolute atomic E-state index is 0.112. The van der Waals surface area contributed by atoms with Gasteiger partial charge in [0.15, 0.2) is 0 Å². The molecule has 1 atom stereocenters. The third-order valence-corrected chi connectivity index (χ3v) is 2.23. The number of hydrogen-bond donors (Lipinski definition) is 1. The molecule has 0 bridgehead atoms. The number of carbonyl (C=O) groups is 1. The van der Waals surface area contributed by atoms with E-state index in [9.17, 15) is 9.90 Å². The van der Waals surface area contributed by atoms with Crippen LogP contribution in [-0.4, -0.2) is 28.7 Å². The van der Waals surface area contributed by atoms with Gasteiger partial charge in [-0.05, 0) is 19.1 Å². The second kappa shape index (κ2) is 5.56. The van der Waals surface area contributed by atoms with Crippen LogP contribution in [0.1, 0.15) is 13.3 Å².